The Morgan fingerprint density at radius 2 is 2.21 bits per heavy atom. The third kappa shape index (κ3) is 5.11. The maximum atomic E-state index is 9.30. The highest BCUT2D eigenvalue weighted by Gasteiger charge is 2.34. The van der Waals surface area contributed by atoms with E-state index in [-0.39, 0.29) is 12.0 Å². The van der Waals surface area contributed by atoms with Crippen molar-refractivity contribution >= 4 is 11.6 Å². The lowest BCUT2D eigenvalue weighted by molar-refractivity contribution is 0.127. The summed E-state index contributed by atoms with van der Waals surface area (Å²) in [6, 6.07) is 8.42. The molecule has 1 heterocycles. The lowest BCUT2D eigenvalue weighted by Gasteiger charge is -2.27. The molecule has 1 aliphatic heterocycles. The van der Waals surface area contributed by atoms with Crippen LogP contribution in [0.5, 0.6) is 0 Å². The number of rotatable bonds is 7. The average molecular weight is 334 g/mol. The molecule has 1 aromatic rings. The molecule has 1 aliphatic rings. The Kier molecular flexibility index (Phi) is 6.87. The van der Waals surface area contributed by atoms with Gasteiger partial charge < -0.3 is 25.4 Å². The molecule has 1 aromatic carbocycles. The van der Waals surface area contributed by atoms with E-state index in [0.29, 0.717) is 13.2 Å². The smallest absolute Gasteiger partial charge is 0.191 e. The number of aliphatic imine (C=N–C) groups is 1. The van der Waals surface area contributed by atoms with Gasteiger partial charge in [-0.15, -0.1) is 0 Å². The summed E-state index contributed by atoms with van der Waals surface area (Å²) in [4.78, 5) is 6.39. The molecule has 6 heteroatoms. The van der Waals surface area contributed by atoms with Crippen LogP contribution in [0.4, 0.5) is 5.69 Å². The molecule has 0 amide bonds. The maximum absolute atomic E-state index is 9.30. The summed E-state index contributed by atoms with van der Waals surface area (Å²) in [5.74, 6) is 0.773. The third-order valence-electron chi connectivity index (χ3n) is 4.57. The summed E-state index contributed by atoms with van der Waals surface area (Å²) in [6.45, 7) is 3.12. The monoisotopic (exact) mass is 334 g/mol. The number of guanidine groups is 1. The van der Waals surface area contributed by atoms with Crippen LogP contribution in [-0.4, -0.2) is 58.6 Å². The van der Waals surface area contributed by atoms with Crippen molar-refractivity contribution in [2.75, 3.05) is 52.4 Å². The highest BCUT2D eigenvalue weighted by atomic mass is 16.5. The number of nitrogens with zero attached hydrogens (tertiary/aromatic N) is 2. The normalized spacial score (nSPS) is 20.9. The Morgan fingerprint density at radius 3 is 2.83 bits per heavy atom. The van der Waals surface area contributed by atoms with E-state index in [4.69, 9.17) is 4.74 Å². The van der Waals surface area contributed by atoms with Gasteiger partial charge in [-0.25, -0.2) is 0 Å². The first-order valence-electron chi connectivity index (χ1n) is 8.48. The van der Waals surface area contributed by atoms with E-state index < -0.39 is 0 Å². The number of aliphatic hydroxyl groups excluding tert-OH is 1. The van der Waals surface area contributed by atoms with Gasteiger partial charge in [-0.2, -0.15) is 0 Å². The van der Waals surface area contributed by atoms with Crippen molar-refractivity contribution < 1.29 is 9.84 Å². The first kappa shape index (κ1) is 18.5. The van der Waals surface area contributed by atoms with E-state index in [2.05, 4.69) is 44.8 Å². The van der Waals surface area contributed by atoms with Gasteiger partial charge in [-0.1, -0.05) is 12.1 Å². The predicted octanol–water partition coefficient (Wildman–Crippen LogP) is 1.21. The second kappa shape index (κ2) is 8.89. The molecule has 0 aliphatic carbocycles. The molecule has 1 atom stereocenters. The number of hydrogen-bond donors (Lipinski definition) is 3. The molecule has 1 fully saturated rings. The van der Waals surface area contributed by atoms with E-state index >= 15 is 0 Å². The molecule has 0 spiro atoms. The van der Waals surface area contributed by atoms with Gasteiger partial charge in [0.15, 0.2) is 5.96 Å². The quantitative estimate of drug-likeness (QED) is 0.516. The second-order valence-corrected chi connectivity index (χ2v) is 6.62. The Morgan fingerprint density at radius 1 is 1.38 bits per heavy atom. The number of benzene rings is 1. The molecule has 3 N–H and O–H groups in total. The lowest BCUT2D eigenvalue weighted by atomic mass is 9.84. The molecule has 0 aromatic heterocycles. The number of aliphatic hydroxyl groups is 1. The Bertz CT molecular complexity index is 540. The van der Waals surface area contributed by atoms with Gasteiger partial charge in [-0.3, -0.25) is 4.99 Å². The molecule has 1 saturated heterocycles. The largest absolute Gasteiger partial charge is 0.396 e. The SMILES string of the molecule is CN=C(NCc1cccc(N(C)C)c1)NCC1(CCO)CCOC1. The summed E-state index contributed by atoms with van der Waals surface area (Å²) >= 11 is 0. The molecular formula is C18H30N4O2. The molecule has 0 bridgehead atoms. The van der Waals surface area contributed by atoms with Crippen LogP contribution in [0.15, 0.2) is 29.3 Å². The summed E-state index contributed by atoms with van der Waals surface area (Å²) in [5.41, 5.74) is 2.40. The van der Waals surface area contributed by atoms with Crippen LogP contribution in [0, 0.1) is 5.41 Å². The van der Waals surface area contributed by atoms with E-state index in [9.17, 15) is 5.11 Å². The maximum Gasteiger partial charge on any atom is 0.191 e. The van der Waals surface area contributed by atoms with Gasteiger partial charge in [0.25, 0.3) is 0 Å². The first-order chi connectivity index (χ1) is 11.6. The fraction of sp³-hybridized carbons (Fsp3) is 0.611. The van der Waals surface area contributed by atoms with Gasteiger partial charge in [0.05, 0.1) is 6.61 Å². The number of ether oxygens (including phenoxy) is 1. The minimum Gasteiger partial charge on any atom is -0.396 e. The van der Waals surface area contributed by atoms with Crippen LogP contribution < -0.4 is 15.5 Å². The van der Waals surface area contributed by atoms with Crippen molar-refractivity contribution in [3.8, 4) is 0 Å². The van der Waals surface area contributed by atoms with Crippen molar-refractivity contribution in [3.63, 3.8) is 0 Å². The predicted molar refractivity (Wildman–Crippen MR) is 98.5 cm³/mol. The van der Waals surface area contributed by atoms with Gasteiger partial charge in [0, 0.05) is 58.5 Å². The highest BCUT2D eigenvalue weighted by Crippen LogP contribution is 2.31. The van der Waals surface area contributed by atoms with Crippen molar-refractivity contribution in [2.45, 2.75) is 19.4 Å². The van der Waals surface area contributed by atoms with E-state index in [1.807, 2.05) is 14.1 Å². The molecule has 2 rings (SSSR count). The second-order valence-electron chi connectivity index (χ2n) is 6.62. The molecular weight excluding hydrogens is 304 g/mol. The summed E-state index contributed by atoms with van der Waals surface area (Å²) in [5, 5.41) is 16.0. The summed E-state index contributed by atoms with van der Waals surface area (Å²) in [6.07, 6.45) is 1.73. The standard InChI is InChI=1S/C18H30N4O2/c1-19-17(21-13-18(7-9-23)8-10-24-14-18)20-12-15-5-4-6-16(11-15)22(2)3/h4-6,11,23H,7-10,12-14H2,1-3H3,(H2,19,20,21). The molecule has 134 valence electrons. The van der Waals surface area contributed by atoms with Crippen LogP contribution in [-0.2, 0) is 11.3 Å². The first-order valence-corrected chi connectivity index (χ1v) is 8.48. The molecule has 24 heavy (non-hydrogen) atoms. The van der Waals surface area contributed by atoms with Gasteiger partial charge >= 0.3 is 0 Å². The Hall–Kier alpha value is -1.79. The number of anilines is 1. The van der Waals surface area contributed by atoms with E-state index in [1.165, 1.54) is 11.3 Å². The van der Waals surface area contributed by atoms with Gasteiger partial charge in [-0.05, 0) is 30.5 Å². The Labute approximate surface area is 144 Å². The highest BCUT2D eigenvalue weighted by molar-refractivity contribution is 5.79. The van der Waals surface area contributed by atoms with Crippen molar-refractivity contribution in [1.29, 1.82) is 0 Å². The van der Waals surface area contributed by atoms with Crippen LogP contribution in [0.25, 0.3) is 0 Å². The van der Waals surface area contributed by atoms with Crippen LogP contribution >= 0.6 is 0 Å². The average Bonchev–Trinajstić information content (AvgIpc) is 3.04. The van der Waals surface area contributed by atoms with E-state index in [0.717, 1.165) is 32.0 Å². The van der Waals surface area contributed by atoms with Gasteiger partial charge in [0.1, 0.15) is 0 Å². The van der Waals surface area contributed by atoms with Gasteiger partial charge in [0.2, 0.25) is 0 Å². The zero-order chi connectivity index (χ0) is 17.4. The summed E-state index contributed by atoms with van der Waals surface area (Å²) < 4.78 is 5.53. The fourth-order valence-electron chi connectivity index (χ4n) is 2.93. The third-order valence-corrected chi connectivity index (χ3v) is 4.57. The minimum atomic E-state index is 0.0111. The fourth-order valence-corrected chi connectivity index (χ4v) is 2.93. The zero-order valence-electron chi connectivity index (χ0n) is 15.0. The van der Waals surface area contributed by atoms with Crippen LogP contribution in [0.2, 0.25) is 0 Å². The molecule has 0 radical (unpaired) electrons. The summed E-state index contributed by atoms with van der Waals surface area (Å²) in [7, 11) is 5.85. The zero-order valence-corrected chi connectivity index (χ0v) is 15.0. The minimum absolute atomic E-state index is 0.0111. The van der Waals surface area contributed by atoms with E-state index in [1.54, 1.807) is 7.05 Å². The molecule has 6 nitrogen and oxygen atoms in total. The lowest BCUT2D eigenvalue weighted by Crippen LogP contribution is -2.44. The van der Waals surface area contributed by atoms with Crippen LogP contribution in [0.1, 0.15) is 18.4 Å². The molecule has 1 unspecified atom stereocenters. The van der Waals surface area contributed by atoms with Crippen LogP contribution in [0.3, 0.4) is 0 Å². The van der Waals surface area contributed by atoms with Crippen molar-refractivity contribution in [2.24, 2.45) is 10.4 Å². The van der Waals surface area contributed by atoms with Crippen molar-refractivity contribution in [3.05, 3.63) is 29.8 Å². The molecule has 0 saturated carbocycles. The van der Waals surface area contributed by atoms with Crippen molar-refractivity contribution in [1.82, 2.24) is 10.6 Å². The topological polar surface area (TPSA) is 69.1 Å². The number of nitrogens with one attached hydrogen (secondary N) is 2. The Balaban J connectivity index is 1.87. The number of hydrogen-bond acceptors (Lipinski definition) is 4.